The quantitative estimate of drug-likeness (QED) is 0.722. The van der Waals surface area contributed by atoms with E-state index >= 15 is 0 Å². The van der Waals surface area contributed by atoms with Gasteiger partial charge >= 0.3 is 0 Å². The molecule has 1 atom stereocenters. The zero-order valence-electron chi connectivity index (χ0n) is 9.34. The molecule has 0 fully saturated rings. The monoisotopic (exact) mass is 199 g/mol. The Morgan fingerprint density at radius 3 is 2.79 bits per heavy atom. The Morgan fingerprint density at radius 1 is 1.57 bits per heavy atom. The van der Waals surface area contributed by atoms with Crippen LogP contribution in [0, 0.1) is 0 Å². The van der Waals surface area contributed by atoms with Crippen LogP contribution in [-0.2, 0) is 4.74 Å². The summed E-state index contributed by atoms with van der Waals surface area (Å²) in [6, 6.07) is 0. The van der Waals surface area contributed by atoms with E-state index in [1.807, 2.05) is 0 Å². The molecule has 2 N–H and O–H groups in total. The minimum Gasteiger partial charge on any atom is -0.501 e. The van der Waals surface area contributed by atoms with Crippen molar-refractivity contribution >= 4 is 0 Å². The van der Waals surface area contributed by atoms with E-state index in [9.17, 15) is 5.11 Å². The number of aliphatic hydroxyl groups is 1. The summed E-state index contributed by atoms with van der Waals surface area (Å²) in [5.74, 6) is 0. The maximum Gasteiger partial charge on any atom is 0.0907 e. The lowest BCUT2D eigenvalue weighted by molar-refractivity contribution is 0.160. The summed E-state index contributed by atoms with van der Waals surface area (Å²) < 4.78 is 5.19. The highest BCUT2D eigenvalue weighted by atomic mass is 16.5. The van der Waals surface area contributed by atoms with Crippen LogP contribution in [0.3, 0.4) is 0 Å². The molecule has 0 amide bonds. The van der Waals surface area contributed by atoms with Crippen LogP contribution in [0.15, 0.2) is 11.8 Å². The minimum absolute atomic E-state index is 0.0526. The second-order valence-corrected chi connectivity index (χ2v) is 4.81. The Balaban J connectivity index is 2.34. The average Bonchev–Trinajstić information content (AvgIpc) is 2.14. The fraction of sp³-hybridized carbons (Fsp3) is 0.818. The van der Waals surface area contributed by atoms with Crippen molar-refractivity contribution in [1.82, 2.24) is 5.32 Å². The first-order chi connectivity index (χ1) is 6.49. The van der Waals surface area contributed by atoms with Crippen LogP contribution >= 0.6 is 0 Å². The third kappa shape index (κ3) is 4.11. The van der Waals surface area contributed by atoms with E-state index in [-0.39, 0.29) is 5.54 Å². The van der Waals surface area contributed by atoms with Crippen molar-refractivity contribution in [2.24, 2.45) is 0 Å². The summed E-state index contributed by atoms with van der Waals surface area (Å²) in [6.45, 7) is 7.64. The summed E-state index contributed by atoms with van der Waals surface area (Å²) in [5.41, 5.74) is 1.06. The fourth-order valence-corrected chi connectivity index (χ4v) is 1.36. The van der Waals surface area contributed by atoms with Gasteiger partial charge in [-0.2, -0.15) is 0 Å². The molecule has 1 aliphatic heterocycles. The first-order valence-electron chi connectivity index (χ1n) is 5.23. The number of aliphatic hydroxyl groups excluding tert-OH is 1. The van der Waals surface area contributed by atoms with Crippen LogP contribution in [0.25, 0.3) is 0 Å². The van der Waals surface area contributed by atoms with E-state index < -0.39 is 6.10 Å². The molecule has 14 heavy (non-hydrogen) atoms. The SMILES string of the molecule is CC(C)(C)NCC(O)C1=COCCC1. The van der Waals surface area contributed by atoms with E-state index in [1.165, 1.54) is 0 Å². The highest BCUT2D eigenvalue weighted by Crippen LogP contribution is 2.15. The van der Waals surface area contributed by atoms with E-state index in [4.69, 9.17) is 4.74 Å². The molecule has 0 aromatic carbocycles. The van der Waals surface area contributed by atoms with Crippen molar-refractivity contribution in [3.8, 4) is 0 Å². The molecule has 0 saturated carbocycles. The third-order valence-electron chi connectivity index (χ3n) is 2.22. The lowest BCUT2D eigenvalue weighted by Crippen LogP contribution is -2.41. The highest BCUT2D eigenvalue weighted by Gasteiger charge is 2.17. The van der Waals surface area contributed by atoms with Crippen molar-refractivity contribution in [2.75, 3.05) is 13.2 Å². The van der Waals surface area contributed by atoms with Crippen molar-refractivity contribution in [3.05, 3.63) is 11.8 Å². The van der Waals surface area contributed by atoms with Gasteiger partial charge in [0, 0.05) is 12.1 Å². The molecule has 0 aliphatic carbocycles. The van der Waals surface area contributed by atoms with Crippen molar-refractivity contribution in [3.63, 3.8) is 0 Å². The highest BCUT2D eigenvalue weighted by molar-refractivity contribution is 5.07. The topological polar surface area (TPSA) is 41.5 Å². The standard InChI is InChI=1S/C11H21NO2/c1-11(2,3)12-7-10(13)9-5-4-6-14-8-9/h8,10,12-13H,4-7H2,1-3H3. The van der Waals surface area contributed by atoms with E-state index in [1.54, 1.807) is 6.26 Å². The summed E-state index contributed by atoms with van der Waals surface area (Å²) in [4.78, 5) is 0. The van der Waals surface area contributed by atoms with Crippen LogP contribution < -0.4 is 5.32 Å². The van der Waals surface area contributed by atoms with E-state index in [2.05, 4.69) is 26.1 Å². The van der Waals surface area contributed by atoms with Crippen molar-refractivity contribution in [2.45, 2.75) is 45.3 Å². The van der Waals surface area contributed by atoms with Gasteiger partial charge in [-0.1, -0.05) is 0 Å². The molecule has 3 nitrogen and oxygen atoms in total. The van der Waals surface area contributed by atoms with Crippen molar-refractivity contribution < 1.29 is 9.84 Å². The summed E-state index contributed by atoms with van der Waals surface area (Å²) in [7, 11) is 0. The van der Waals surface area contributed by atoms with E-state index in [0.29, 0.717) is 6.54 Å². The number of nitrogens with one attached hydrogen (secondary N) is 1. The summed E-state index contributed by atoms with van der Waals surface area (Å²) >= 11 is 0. The Kier molecular flexibility index (Phi) is 3.96. The van der Waals surface area contributed by atoms with Crippen LogP contribution in [0.1, 0.15) is 33.6 Å². The second kappa shape index (κ2) is 4.80. The maximum atomic E-state index is 9.83. The lowest BCUT2D eigenvalue weighted by Gasteiger charge is -2.25. The molecule has 0 bridgehead atoms. The fourth-order valence-electron chi connectivity index (χ4n) is 1.36. The Hall–Kier alpha value is -0.540. The number of ether oxygens (including phenoxy) is 1. The van der Waals surface area contributed by atoms with Crippen LogP contribution in [0.2, 0.25) is 0 Å². The molecule has 1 rings (SSSR count). The van der Waals surface area contributed by atoms with Gasteiger partial charge < -0.3 is 15.2 Å². The molecule has 0 saturated heterocycles. The number of β-amino-alcohol motifs (C(OH)–C–C–N with tert-alkyl or cyclic N) is 1. The molecule has 0 spiro atoms. The van der Waals surface area contributed by atoms with Gasteiger partial charge in [0.1, 0.15) is 0 Å². The largest absolute Gasteiger partial charge is 0.501 e. The smallest absolute Gasteiger partial charge is 0.0907 e. The predicted octanol–water partition coefficient (Wildman–Crippen LogP) is 1.43. The van der Waals surface area contributed by atoms with E-state index in [0.717, 1.165) is 25.0 Å². The van der Waals surface area contributed by atoms with Gasteiger partial charge in [0.05, 0.1) is 19.0 Å². The third-order valence-corrected chi connectivity index (χ3v) is 2.22. The molecular formula is C11H21NO2. The van der Waals surface area contributed by atoms with Gasteiger partial charge in [-0.15, -0.1) is 0 Å². The first-order valence-corrected chi connectivity index (χ1v) is 5.23. The van der Waals surface area contributed by atoms with Gasteiger partial charge in [0.25, 0.3) is 0 Å². The predicted molar refractivity (Wildman–Crippen MR) is 57.0 cm³/mol. The molecule has 1 aliphatic rings. The zero-order valence-corrected chi connectivity index (χ0v) is 9.34. The van der Waals surface area contributed by atoms with Gasteiger partial charge in [-0.25, -0.2) is 0 Å². The number of rotatable bonds is 3. The Labute approximate surface area is 86.2 Å². The van der Waals surface area contributed by atoms with Gasteiger partial charge in [0.2, 0.25) is 0 Å². The number of hydrogen-bond acceptors (Lipinski definition) is 3. The molecule has 82 valence electrons. The van der Waals surface area contributed by atoms with Crippen molar-refractivity contribution in [1.29, 1.82) is 0 Å². The zero-order chi connectivity index (χ0) is 10.6. The molecular weight excluding hydrogens is 178 g/mol. The Bertz CT molecular complexity index is 206. The average molecular weight is 199 g/mol. The first kappa shape index (κ1) is 11.5. The molecule has 0 aromatic rings. The molecule has 1 heterocycles. The van der Waals surface area contributed by atoms with Crippen LogP contribution in [0.5, 0.6) is 0 Å². The summed E-state index contributed by atoms with van der Waals surface area (Å²) in [6.07, 6.45) is 3.26. The van der Waals surface area contributed by atoms with Crippen LogP contribution in [0.4, 0.5) is 0 Å². The molecule has 1 unspecified atom stereocenters. The van der Waals surface area contributed by atoms with Gasteiger partial charge in [-0.3, -0.25) is 0 Å². The molecule has 0 radical (unpaired) electrons. The molecule has 3 heteroatoms. The summed E-state index contributed by atoms with van der Waals surface area (Å²) in [5, 5.41) is 13.1. The maximum absolute atomic E-state index is 9.83. The van der Waals surface area contributed by atoms with Gasteiger partial charge in [-0.05, 0) is 39.2 Å². The normalized spacial score (nSPS) is 19.9. The second-order valence-electron chi connectivity index (χ2n) is 4.81. The number of hydrogen-bond donors (Lipinski definition) is 2. The minimum atomic E-state index is -0.408. The van der Waals surface area contributed by atoms with Crippen LogP contribution in [-0.4, -0.2) is 29.9 Å². The lowest BCUT2D eigenvalue weighted by atomic mass is 10.0. The Morgan fingerprint density at radius 2 is 2.29 bits per heavy atom. The molecule has 0 aromatic heterocycles. The van der Waals surface area contributed by atoms with Gasteiger partial charge in [0.15, 0.2) is 0 Å².